The molecular weight excluding hydrogens is 256 g/mol. The number of carbonyl (C=O) groups is 1. The van der Waals surface area contributed by atoms with Crippen LogP contribution in [0, 0.1) is 11.3 Å². The van der Waals surface area contributed by atoms with Crippen LogP contribution in [0.25, 0.3) is 0 Å². The monoisotopic (exact) mass is 284 g/mol. The minimum Gasteiger partial charge on any atom is -0.385 e. The normalized spacial score (nSPS) is 35.0. The zero-order valence-electron chi connectivity index (χ0n) is 12.9. The fourth-order valence-electron chi connectivity index (χ4n) is 3.12. The van der Waals surface area contributed by atoms with Crippen molar-refractivity contribution in [3.63, 3.8) is 0 Å². The summed E-state index contributed by atoms with van der Waals surface area (Å²) in [5, 5.41) is 16.7. The second-order valence-corrected chi connectivity index (χ2v) is 6.81. The molecule has 116 valence electrons. The zero-order chi connectivity index (χ0) is 14.8. The highest BCUT2D eigenvalue weighted by molar-refractivity contribution is 5.82. The molecule has 1 amide bonds. The number of amides is 1. The zero-order valence-corrected chi connectivity index (χ0v) is 12.9. The number of nitrogens with one attached hydrogen (secondary N) is 2. The Morgan fingerprint density at radius 1 is 1.55 bits per heavy atom. The van der Waals surface area contributed by atoms with E-state index in [2.05, 4.69) is 10.6 Å². The van der Waals surface area contributed by atoms with Gasteiger partial charge in [0.05, 0.1) is 6.10 Å². The maximum absolute atomic E-state index is 12.5. The number of aliphatic hydroxyl groups is 1. The molecule has 2 saturated heterocycles. The average Bonchev–Trinajstić information content (AvgIpc) is 2.77. The van der Waals surface area contributed by atoms with Crippen molar-refractivity contribution in [2.24, 2.45) is 11.3 Å². The smallest absolute Gasteiger partial charge is 0.226 e. The van der Waals surface area contributed by atoms with Crippen molar-refractivity contribution in [3.05, 3.63) is 0 Å². The van der Waals surface area contributed by atoms with Crippen molar-refractivity contribution in [3.8, 4) is 0 Å². The molecule has 2 aliphatic heterocycles. The third kappa shape index (κ3) is 3.15. The van der Waals surface area contributed by atoms with Crippen LogP contribution >= 0.6 is 0 Å². The topological polar surface area (TPSA) is 70.6 Å². The van der Waals surface area contributed by atoms with E-state index in [0.29, 0.717) is 18.9 Å². The van der Waals surface area contributed by atoms with E-state index in [4.69, 9.17) is 4.74 Å². The molecular formula is C15H28N2O3. The third-order valence-corrected chi connectivity index (χ3v) is 5.12. The van der Waals surface area contributed by atoms with E-state index in [0.717, 1.165) is 25.9 Å². The van der Waals surface area contributed by atoms with Crippen molar-refractivity contribution in [2.45, 2.75) is 51.7 Å². The standard InChI is InChI=1S/C15H28N2O3/c1-11-15(19,6-8-20-11)10-17-13(18)14(2,3)12-5-4-7-16-9-12/h11-12,16,19H,4-10H2,1-3H3,(H,17,18). The van der Waals surface area contributed by atoms with Crippen LogP contribution in [-0.4, -0.2) is 49.0 Å². The quantitative estimate of drug-likeness (QED) is 0.709. The molecule has 3 N–H and O–H groups in total. The highest BCUT2D eigenvalue weighted by Gasteiger charge is 2.42. The number of ether oxygens (including phenoxy) is 1. The van der Waals surface area contributed by atoms with Gasteiger partial charge >= 0.3 is 0 Å². The highest BCUT2D eigenvalue weighted by atomic mass is 16.5. The summed E-state index contributed by atoms with van der Waals surface area (Å²) in [4.78, 5) is 12.5. The van der Waals surface area contributed by atoms with Crippen LogP contribution in [0.2, 0.25) is 0 Å². The van der Waals surface area contributed by atoms with E-state index in [1.165, 1.54) is 0 Å². The molecule has 0 spiro atoms. The van der Waals surface area contributed by atoms with Crippen molar-refractivity contribution in [1.29, 1.82) is 0 Å². The first-order valence-electron chi connectivity index (χ1n) is 7.69. The van der Waals surface area contributed by atoms with Gasteiger partial charge in [-0.15, -0.1) is 0 Å². The minimum absolute atomic E-state index is 0.0266. The highest BCUT2D eigenvalue weighted by Crippen LogP contribution is 2.32. The van der Waals surface area contributed by atoms with E-state index >= 15 is 0 Å². The third-order valence-electron chi connectivity index (χ3n) is 5.12. The van der Waals surface area contributed by atoms with Crippen molar-refractivity contribution in [2.75, 3.05) is 26.2 Å². The van der Waals surface area contributed by atoms with E-state index in [1.807, 2.05) is 20.8 Å². The number of rotatable bonds is 4. The minimum atomic E-state index is -0.920. The van der Waals surface area contributed by atoms with Gasteiger partial charge in [-0.3, -0.25) is 4.79 Å². The lowest BCUT2D eigenvalue weighted by Crippen LogP contribution is -2.53. The van der Waals surface area contributed by atoms with Gasteiger partial charge in [0.1, 0.15) is 5.60 Å². The molecule has 0 saturated carbocycles. The fourth-order valence-corrected chi connectivity index (χ4v) is 3.12. The molecule has 5 nitrogen and oxygen atoms in total. The molecule has 3 atom stereocenters. The first-order chi connectivity index (χ1) is 9.36. The molecule has 5 heteroatoms. The summed E-state index contributed by atoms with van der Waals surface area (Å²) in [6.07, 6.45) is 2.56. The maximum atomic E-state index is 12.5. The van der Waals surface area contributed by atoms with E-state index in [1.54, 1.807) is 0 Å². The van der Waals surface area contributed by atoms with Crippen LogP contribution in [0.4, 0.5) is 0 Å². The van der Waals surface area contributed by atoms with Gasteiger partial charge in [-0.25, -0.2) is 0 Å². The van der Waals surface area contributed by atoms with E-state index in [9.17, 15) is 9.90 Å². The van der Waals surface area contributed by atoms with Crippen LogP contribution in [0.5, 0.6) is 0 Å². The van der Waals surface area contributed by atoms with Crippen LogP contribution in [0.15, 0.2) is 0 Å². The molecule has 2 fully saturated rings. The Balaban J connectivity index is 1.90. The lowest BCUT2D eigenvalue weighted by atomic mass is 9.74. The first-order valence-corrected chi connectivity index (χ1v) is 7.69. The molecule has 0 aromatic rings. The first kappa shape index (κ1) is 15.7. The van der Waals surface area contributed by atoms with Gasteiger partial charge < -0.3 is 20.5 Å². The number of hydrogen-bond donors (Lipinski definition) is 3. The van der Waals surface area contributed by atoms with Gasteiger partial charge in [-0.05, 0) is 38.8 Å². The van der Waals surface area contributed by atoms with Crippen LogP contribution in [-0.2, 0) is 9.53 Å². The van der Waals surface area contributed by atoms with E-state index in [-0.39, 0.29) is 18.6 Å². The Kier molecular flexibility index (Phi) is 4.72. The van der Waals surface area contributed by atoms with E-state index < -0.39 is 11.0 Å². The molecule has 0 bridgehead atoms. The SMILES string of the molecule is CC1OCCC1(O)CNC(=O)C(C)(C)C1CCCNC1. The van der Waals surface area contributed by atoms with Crippen molar-refractivity contribution >= 4 is 5.91 Å². The Labute approximate surface area is 121 Å². The lowest BCUT2D eigenvalue weighted by molar-refractivity contribution is -0.134. The summed E-state index contributed by atoms with van der Waals surface area (Å²) in [5.41, 5.74) is -1.33. The molecule has 20 heavy (non-hydrogen) atoms. The van der Waals surface area contributed by atoms with Crippen LogP contribution in [0.1, 0.15) is 40.0 Å². The molecule has 2 rings (SSSR count). The second kappa shape index (κ2) is 6.00. The molecule has 0 radical (unpaired) electrons. The van der Waals surface area contributed by atoms with Crippen LogP contribution in [0.3, 0.4) is 0 Å². The van der Waals surface area contributed by atoms with Crippen molar-refractivity contribution < 1.29 is 14.6 Å². The fraction of sp³-hybridized carbons (Fsp3) is 0.933. The number of carbonyl (C=O) groups excluding carboxylic acids is 1. The van der Waals surface area contributed by atoms with Crippen molar-refractivity contribution in [1.82, 2.24) is 10.6 Å². The summed E-state index contributed by atoms with van der Waals surface area (Å²) >= 11 is 0. The lowest BCUT2D eigenvalue weighted by Gasteiger charge is -2.37. The number of hydrogen-bond acceptors (Lipinski definition) is 4. The van der Waals surface area contributed by atoms with Gasteiger partial charge in [0.2, 0.25) is 5.91 Å². The molecule has 2 aliphatic rings. The Bertz CT molecular complexity index is 353. The molecule has 0 aromatic heterocycles. The number of piperidine rings is 1. The van der Waals surface area contributed by atoms with Gasteiger partial charge in [0.15, 0.2) is 0 Å². The summed E-state index contributed by atoms with van der Waals surface area (Å²) in [5.74, 6) is 0.377. The molecule has 0 aromatic carbocycles. The Morgan fingerprint density at radius 2 is 2.30 bits per heavy atom. The van der Waals surface area contributed by atoms with Gasteiger partial charge in [0.25, 0.3) is 0 Å². The largest absolute Gasteiger partial charge is 0.385 e. The predicted octanol–water partition coefficient (Wildman–Crippen LogP) is 0.668. The van der Waals surface area contributed by atoms with Gasteiger partial charge in [-0.2, -0.15) is 0 Å². The Morgan fingerprint density at radius 3 is 2.85 bits per heavy atom. The van der Waals surface area contributed by atoms with Crippen LogP contribution < -0.4 is 10.6 Å². The summed E-state index contributed by atoms with van der Waals surface area (Å²) in [6.45, 7) is 8.62. The molecule has 3 unspecified atom stereocenters. The second-order valence-electron chi connectivity index (χ2n) is 6.81. The summed E-state index contributed by atoms with van der Waals surface area (Å²) in [6, 6.07) is 0. The average molecular weight is 284 g/mol. The summed E-state index contributed by atoms with van der Waals surface area (Å²) < 4.78 is 5.39. The van der Waals surface area contributed by atoms with Gasteiger partial charge in [0, 0.05) is 25.0 Å². The molecule has 0 aliphatic carbocycles. The summed E-state index contributed by atoms with van der Waals surface area (Å²) in [7, 11) is 0. The molecule has 2 heterocycles. The predicted molar refractivity (Wildman–Crippen MR) is 77.4 cm³/mol. The maximum Gasteiger partial charge on any atom is 0.226 e. The Hall–Kier alpha value is -0.650. The van der Waals surface area contributed by atoms with Gasteiger partial charge in [-0.1, -0.05) is 13.8 Å².